The Bertz CT molecular complexity index is 239. The van der Waals surface area contributed by atoms with E-state index < -0.39 is 8.80 Å². The molecule has 21 heavy (non-hydrogen) atoms. The van der Waals surface area contributed by atoms with Gasteiger partial charge in [-0.05, 0) is 46.5 Å². The molecule has 0 saturated carbocycles. The average molecular weight is 317 g/mol. The SMILES string of the molecule is C/C=C/C(C)CCCCCC[Si](OCC)(OCC)OCC. The standard InChI is InChI=1S/C17H36O3Si/c1-6-14-17(5)15-12-10-11-13-16-21(18-7-2,19-8-3)20-9-4/h6,14,17H,7-13,15-16H2,1-5H3/b14-6+. The van der Waals surface area contributed by atoms with E-state index in [0.29, 0.717) is 25.7 Å². The predicted molar refractivity (Wildman–Crippen MR) is 92.5 cm³/mol. The van der Waals surface area contributed by atoms with Crippen LogP contribution in [0.2, 0.25) is 6.04 Å². The lowest BCUT2D eigenvalue weighted by molar-refractivity contribution is 0.0706. The molecule has 0 fully saturated rings. The average Bonchev–Trinajstić information content (AvgIpc) is 2.44. The summed E-state index contributed by atoms with van der Waals surface area (Å²) in [5, 5.41) is 0. The minimum atomic E-state index is -2.40. The minimum Gasteiger partial charge on any atom is -0.374 e. The molecule has 126 valence electrons. The summed E-state index contributed by atoms with van der Waals surface area (Å²) < 4.78 is 17.6. The van der Waals surface area contributed by atoms with E-state index in [1.165, 1.54) is 25.7 Å². The lowest BCUT2D eigenvalue weighted by atomic mass is 10.0. The molecule has 0 spiro atoms. The van der Waals surface area contributed by atoms with Crippen molar-refractivity contribution in [1.82, 2.24) is 0 Å². The van der Waals surface area contributed by atoms with Gasteiger partial charge in [0.15, 0.2) is 0 Å². The number of hydrogen-bond donors (Lipinski definition) is 0. The van der Waals surface area contributed by atoms with Gasteiger partial charge in [-0.15, -0.1) is 0 Å². The van der Waals surface area contributed by atoms with E-state index in [2.05, 4.69) is 26.0 Å². The van der Waals surface area contributed by atoms with Gasteiger partial charge in [0.1, 0.15) is 0 Å². The van der Waals surface area contributed by atoms with Crippen molar-refractivity contribution in [3.63, 3.8) is 0 Å². The Kier molecular flexibility index (Phi) is 13.4. The normalized spacial score (nSPS) is 14.0. The van der Waals surface area contributed by atoms with Crippen molar-refractivity contribution >= 4 is 8.80 Å². The molecule has 0 aliphatic heterocycles. The Morgan fingerprint density at radius 1 is 0.857 bits per heavy atom. The third-order valence-electron chi connectivity index (χ3n) is 3.51. The molecule has 4 heteroatoms. The van der Waals surface area contributed by atoms with Crippen LogP contribution in [0.3, 0.4) is 0 Å². The van der Waals surface area contributed by atoms with E-state index in [-0.39, 0.29) is 0 Å². The maximum Gasteiger partial charge on any atom is 0.500 e. The van der Waals surface area contributed by atoms with Crippen LogP contribution in [0.15, 0.2) is 12.2 Å². The first kappa shape index (κ1) is 20.8. The third kappa shape index (κ3) is 10.2. The Hall–Kier alpha value is -0.163. The molecule has 1 atom stereocenters. The second-order valence-corrected chi connectivity index (χ2v) is 8.17. The zero-order chi connectivity index (χ0) is 16.0. The van der Waals surface area contributed by atoms with Crippen LogP contribution in [0.4, 0.5) is 0 Å². The second-order valence-electron chi connectivity index (χ2n) is 5.44. The summed E-state index contributed by atoms with van der Waals surface area (Å²) >= 11 is 0. The van der Waals surface area contributed by atoms with Crippen LogP contribution >= 0.6 is 0 Å². The molecule has 0 bridgehead atoms. The highest BCUT2D eigenvalue weighted by molar-refractivity contribution is 6.60. The van der Waals surface area contributed by atoms with Gasteiger partial charge in [0.05, 0.1) is 0 Å². The molecule has 0 amide bonds. The number of allylic oxidation sites excluding steroid dienone is 2. The molecule has 0 saturated heterocycles. The van der Waals surface area contributed by atoms with E-state index in [1.807, 2.05) is 20.8 Å². The van der Waals surface area contributed by atoms with Crippen LogP contribution in [0.1, 0.15) is 66.7 Å². The molecule has 0 heterocycles. The molecule has 0 N–H and O–H groups in total. The lowest BCUT2D eigenvalue weighted by Crippen LogP contribution is -2.45. The van der Waals surface area contributed by atoms with Crippen LogP contribution < -0.4 is 0 Å². The predicted octanol–water partition coefficient (Wildman–Crippen LogP) is 5.20. The Morgan fingerprint density at radius 2 is 1.38 bits per heavy atom. The van der Waals surface area contributed by atoms with E-state index in [9.17, 15) is 0 Å². The largest absolute Gasteiger partial charge is 0.500 e. The smallest absolute Gasteiger partial charge is 0.374 e. The molecule has 0 rings (SSSR count). The van der Waals surface area contributed by atoms with Gasteiger partial charge < -0.3 is 13.3 Å². The Balaban J connectivity index is 3.96. The summed E-state index contributed by atoms with van der Waals surface area (Å²) in [5.41, 5.74) is 0. The van der Waals surface area contributed by atoms with Gasteiger partial charge >= 0.3 is 8.80 Å². The van der Waals surface area contributed by atoms with E-state index in [1.54, 1.807) is 0 Å². The maximum absolute atomic E-state index is 5.87. The summed E-state index contributed by atoms with van der Waals surface area (Å²) in [6.07, 6.45) is 10.7. The zero-order valence-corrected chi connectivity index (χ0v) is 15.8. The first-order valence-electron chi connectivity index (χ1n) is 8.68. The van der Waals surface area contributed by atoms with Gasteiger partial charge in [0.2, 0.25) is 0 Å². The number of rotatable bonds is 14. The van der Waals surface area contributed by atoms with Gasteiger partial charge in [-0.3, -0.25) is 0 Å². The van der Waals surface area contributed by atoms with Gasteiger partial charge in [0.25, 0.3) is 0 Å². The molecule has 0 aromatic rings. The summed E-state index contributed by atoms with van der Waals surface area (Å²) in [6, 6.07) is 0.951. The monoisotopic (exact) mass is 316 g/mol. The van der Waals surface area contributed by atoms with Crippen LogP contribution in [-0.2, 0) is 13.3 Å². The van der Waals surface area contributed by atoms with Gasteiger partial charge in [-0.1, -0.05) is 38.3 Å². The third-order valence-corrected chi connectivity index (χ3v) is 6.66. The fraction of sp³-hybridized carbons (Fsp3) is 0.882. The molecule has 0 radical (unpaired) electrons. The molecule has 0 aliphatic carbocycles. The van der Waals surface area contributed by atoms with Gasteiger partial charge in [-0.25, -0.2) is 0 Å². The molecule has 3 nitrogen and oxygen atoms in total. The van der Waals surface area contributed by atoms with Crippen molar-refractivity contribution in [2.45, 2.75) is 72.8 Å². The van der Waals surface area contributed by atoms with E-state index in [0.717, 1.165) is 12.5 Å². The van der Waals surface area contributed by atoms with Crippen molar-refractivity contribution in [1.29, 1.82) is 0 Å². The van der Waals surface area contributed by atoms with Crippen LogP contribution in [-0.4, -0.2) is 28.6 Å². The Morgan fingerprint density at radius 3 is 1.86 bits per heavy atom. The molecular weight excluding hydrogens is 280 g/mol. The van der Waals surface area contributed by atoms with Crippen molar-refractivity contribution in [2.24, 2.45) is 5.92 Å². The van der Waals surface area contributed by atoms with Crippen LogP contribution in [0, 0.1) is 5.92 Å². The fourth-order valence-electron chi connectivity index (χ4n) is 2.59. The van der Waals surface area contributed by atoms with Crippen molar-refractivity contribution in [3.8, 4) is 0 Å². The highest BCUT2D eigenvalue weighted by atomic mass is 28.4. The first-order chi connectivity index (χ1) is 10.1. The van der Waals surface area contributed by atoms with Crippen LogP contribution in [0.5, 0.6) is 0 Å². The van der Waals surface area contributed by atoms with Crippen molar-refractivity contribution < 1.29 is 13.3 Å². The Labute approximate surface area is 133 Å². The fourth-order valence-corrected chi connectivity index (χ4v) is 5.27. The highest BCUT2D eigenvalue weighted by Crippen LogP contribution is 2.21. The first-order valence-corrected chi connectivity index (χ1v) is 10.6. The summed E-state index contributed by atoms with van der Waals surface area (Å²) in [6.45, 7) is 12.5. The molecule has 0 aromatic carbocycles. The molecular formula is C17H36O3Si. The van der Waals surface area contributed by atoms with E-state index in [4.69, 9.17) is 13.3 Å². The van der Waals surface area contributed by atoms with E-state index >= 15 is 0 Å². The summed E-state index contributed by atoms with van der Waals surface area (Å²) in [5.74, 6) is 0.707. The lowest BCUT2D eigenvalue weighted by Gasteiger charge is -2.28. The summed E-state index contributed by atoms with van der Waals surface area (Å²) in [4.78, 5) is 0. The maximum atomic E-state index is 5.87. The number of hydrogen-bond acceptors (Lipinski definition) is 3. The topological polar surface area (TPSA) is 27.7 Å². The minimum absolute atomic E-state index is 0.674. The number of unbranched alkanes of at least 4 members (excludes halogenated alkanes) is 3. The second kappa shape index (κ2) is 13.5. The van der Waals surface area contributed by atoms with Gasteiger partial charge in [0, 0.05) is 25.9 Å². The van der Waals surface area contributed by atoms with Crippen molar-refractivity contribution in [3.05, 3.63) is 12.2 Å². The molecule has 0 aliphatic rings. The quantitative estimate of drug-likeness (QED) is 0.250. The molecule has 0 aromatic heterocycles. The molecule has 1 unspecified atom stereocenters. The van der Waals surface area contributed by atoms with Crippen molar-refractivity contribution in [2.75, 3.05) is 19.8 Å². The highest BCUT2D eigenvalue weighted by Gasteiger charge is 2.39. The van der Waals surface area contributed by atoms with Crippen LogP contribution in [0.25, 0.3) is 0 Å². The summed E-state index contributed by atoms with van der Waals surface area (Å²) in [7, 11) is -2.40. The zero-order valence-electron chi connectivity index (χ0n) is 14.8. The van der Waals surface area contributed by atoms with Gasteiger partial charge in [-0.2, -0.15) is 0 Å².